The zero-order valence-electron chi connectivity index (χ0n) is 6.02. The molecule has 0 aliphatic rings. The Morgan fingerprint density at radius 2 is 2.27 bits per heavy atom. The van der Waals surface area contributed by atoms with Crippen LogP contribution in [0.25, 0.3) is 5.65 Å². The number of hydrogen-bond acceptors (Lipinski definition) is 4. The molecule has 2 heterocycles. The number of nitrogens with two attached hydrogens (primary N) is 1. The molecule has 2 aromatic heterocycles. The minimum atomic E-state index is 0.444. The van der Waals surface area contributed by atoms with E-state index in [9.17, 15) is 0 Å². The normalized spacial score (nSPS) is 10.6. The van der Waals surface area contributed by atoms with E-state index < -0.39 is 0 Å². The summed E-state index contributed by atoms with van der Waals surface area (Å²) in [5.41, 5.74) is 9.06. The molecule has 2 rings (SSSR count). The highest BCUT2D eigenvalue weighted by Gasteiger charge is 2.03. The summed E-state index contributed by atoms with van der Waals surface area (Å²) in [6.07, 6.45) is 3.24. The van der Waals surface area contributed by atoms with Crippen molar-refractivity contribution in [2.24, 2.45) is 0 Å². The number of anilines is 1. The molecule has 0 amide bonds. The van der Waals surface area contributed by atoms with Crippen LogP contribution in [0.15, 0.2) is 12.7 Å². The monoisotopic (exact) mass is 152 g/mol. The second-order valence-corrected chi connectivity index (χ2v) is 2.11. The van der Waals surface area contributed by atoms with Crippen molar-refractivity contribution in [2.45, 2.75) is 0 Å². The maximum Gasteiger partial charge on any atom is 0.199 e. The largest absolute Gasteiger partial charge is 0.381 e. The molecular weight excluding hydrogens is 144 g/mol. The number of nitrogens with one attached hydrogen (secondary N) is 1. The molecule has 0 fully saturated rings. The molecule has 0 atom stereocenters. The highest BCUT2D eigenvalue weighted by molar-refractivity contribution is 5.58. The fraction of sp³-hybridized carbons (Fsp3) is 0.200. The quantitative estimate of drug-likeness (QED) is 0.566. The van der Waals surface area contributed by atoms with Gasteiger partial charge in [0, 0.05) is 7.05 Å². The van der Waals surface area contributed by atoms with E-state index in [1.165, 1.54) is 0 Å². The minimum absolute atomic E-state index is 0.444. The van der Waals surface area contributed by atoms with Gasteiger partial charge in [-0.2, -0.15) is 4.79 Å². The smallest absolute Gasteiger partial charge is 0.199 e. The Kier molecular flexibility index (Phi) is 1.03. The van der Waals surface area contributed by atoms with Gasteiger partial charge in [-0.3, -0.25) is 0 Å². The fourth-order valence-electron chi connectivity index (χ4n) is 0.960. The van der Waals surface area contributed by atoms with E-state index in [2.05, 4.69) is 15.4 Å². The molecule has 0 saturated carbocycles. The summed E-state index contributed by atoms with van der Waals surface area (Å²) < 4.78 is 1.72. The van der Waals surface area contributed by atoms with Gasteiger partial charge >= 0.3 is 0 Å². The zero-order chi connectivity index (χ0) is 7.84. The molecule has 0 bridgehead atoms. The van der Waals surface area contributed by atoms with E-state index in [1.807, 2.05) is 0 Å². The highest BCUT2D eigenvalue weighted by atomic mass is 15.6. The summed E-state index contributed by atoms with van der Waals surface area (Å²) in [5, 5.41) is 0. The van der Waals surface area contributed by atoms with E-state index in [4.69, 9.17) is 5.73 Å². The second kappa shape index (κ2) is 1.88. The highest BCUT2D eigenvalue weighted by Crippen LogP contribution is 2.06. The molecule has 11 heavy (non-hydrogen) atoms. The third-order valence-electron chi connectivity index (χ3n) is 1.50. The van der Waals surface area contributed by atoms with Crippen molar-refractivity contribution in [3.63, 3.8) is 0 Å². The van der Waals surface area contributed by atoms with Crippen molar-refractivity contribution in [1.29, 1.82) is 0 Å². The predicted octanol–water partition coefficient (Wildman–Crippen LogP) is -0.714. The van der Waals surface area contributed by atoms with Gasteiger partial charge in [-0.15, -0.1) is 0 Å². The average molecular weight is 152 g/mol. The van der Waals surface area contributed by atoms with E-state index >= 15 is 0 Å². The Morgan fingerprint density at radius 1 is 1.45 bits per heavy atom. The molecule has 0 saturated heterocycles. The van der Waals surface area contributed by atoms with Crippen LogP contribution in [0.2, 0.25) is 0 Å². The first-order valence-corrected chi connectivity index (χ1v) is 3.17. The summed E-state index contributed by atoms with van der Waals surface area (Å²) in [6.45, 7) is 0. The molecule has 0 aliphatic carbocycles. The Balaban J connectivity index is 2.77. The van der Waals surface area contributed by atoms with Gasteiger partial charge in [-0.05, 0) is 0 Å². The number of hydrogen-bond donors (Lipinski definition) is 2. The Hall–Kier alpha value is -1.72. The first kappa shape index (κ1) is 6.02. The fourth-order valence-corrected chi connectivity index (χ4v) is 0.960. The number of rotatable bonds is 1. The molecule has 0 unspecified atom stereocenters. The molecule has 3 N–H and O–H groups in total. The number of nitrogen functional groups attached to an aromatic ring is 1. The van der Waals surface area contributed by atoms with Crippen LogP contribution in [-0.4, -0.2) is 26.3 Å². The van der Waals surface area contributed by atoms with Crippen LogP contribution < -0.4 is 11.2 Å². The van der Waals surface area contributed by atoms with E-state index in [0.717, 1.165) is 0 Å². The summed E-state index contributed by atoms with van der Waals surface area (Å²) in [5.74, 6) is 0.444. The molecule has 0 spiro atoms. The summed E-state index contributed by atoms with van der Waals surface area (Å²) in [6, 6.07) is 0. The lowest BCUT2D eigenvalue weighted by Crippen LogP contribution is -2.12. The first-order chi connectivity index (χ1) is 5.33. The van der Waals surface area contributed by atoms with Crippen LogP contribution in [-0.2, 0) is 0 Å². The van der Waals surface area contributed by atoms with Crippen molar-refractivity contribution in [2.75, 3.05) is 18.2 Å². The van der Waals surface area contributed by atoms with Gasteiger partial charge in [0.1, 0.15) is 12.7 Å². The van der Waals surface area contributed by atoms with Gasteiger partial charge in [-0.25, -0.2) is 14.5 Å². The van der Waals surface area contributed by atoms with Crippen molar-refractivity contribution >= 4 is 11.5 Å². The van der Waals surface area contributed by atoms with Gasteiger partial charge in [0.25, 0.3) is 0 Å². The van der Waals surface area contributed by atoms with Crippen LogP contribution in [0, 0.1) is 0 Å². The second-order valence-electron chi connectivity index (χ2n) is 2.11. The van der Waals surface area contributed by atoms with Gasteiger partial charge in [0.2, 0.25) is 0 Å². The maximum atomic E-state index is 5.51. The maximum absolute atomic E-state index is 5.51. The zero-order valence-corrected chi connectivity index (χ0v) is 6.02. The summed E-state index contributed by atoms with van der Waals surface area (Å²) in [7, 11) is 1.79. The molecule has 0 aliphatic heterocycles. The van der Waals surface area contributed by atoms with Crippen LogP contribution in [0.1, 0.15) is 0 Å². The predicted molar refractivity (Wildman–Crippen MR) is 40.7 cm³/mol. The molecule has 0 radical (unpaired) electrons. The molecule has 2 aromatic rings. The Labute approximate surface area is 62.6 Å². The lowest BCUT2D eigenvalue weighted by Gasteiger charge is -1.98. The van der Waals surface area contributed by atoms with Crippen molar-refractivity contribution < 1.29 is 0 Å². The third-order valence-corrected chi connectivity index (χ3v) is 1.50. The Bertz CT molecular complexity index is 371. The topological polar surface area (TPSA) is 73.2 Å². The number of aromatic nitrogens is 4. The average Bonchev–Trinajstić information content (AvgIpc) is 2.53. The lowest BCUT2D eigenvalue weighted by molar-refractivity contribution is 0.715. The molecular formula is C5H8N6. The van der Waals surface area contributed by atoms with E-state index in [0.29, 0.717) is 11.5 Å². The van der Waals surface area contributed by atoms with Gasteiger partial charge < -0.3 is 11.2 Å². The van der Waals surface area contributed by atoms with Crippen LogP contribution in [0.5, 0.6) is 0 Å². The lowest BCUT2D eigenvalue weighted by atomic mass is 10.7. The van der Waals surface area contributed by atoms with E-state index in [1.54, 1.807) is 29.0 Å². The van der Waals surface area contributed by atoms with Gasteiger partial charge in [0.15, 0.2) is 11.5 Å². The van der Waals surface area contributed by atoms with Gasteiger partial charge in [-0.1, -0.05) is 0 Å². The van der Waals surface area contributed by atoms with E-state index in [-0.39, 0.29) is 0 Å². The molecule has 58 valence electrons. The Morgan fingerprint density at radius 3 is 3.00 bits per heavy atom. The van der Waals surface area contributed by atoms with Crippen molar-refractivity contribution in [3.05, 3.63) is 12.7 Å². The minimum Gasteiger partial charge on any atom is -0.381 e. The van der Waals surface area contributed by atoms with Crippen LogP contribution in [0.4, 0.5) is 5.82 Å². The summed E-state index contributed by atoms with van der Waals surface area (Å²) >= 11 is 0. The standard InChI is InChI=1S/C5H8N6/c1-7-11-3-9-5-4(6)8-2-10(5)11/h2-3,7H,6H2,1H3. The van der Waals surface area contributed by atoms with Crippen molar-refractivity contribution in [3.8, 4) is 0 Å². The number of imidazole rings is 1. The molecule has 6 heteroatoms. The SMILES string of the molecule is CNn1cnc2c(N)ncn21. The van der Waals surface area contributed by atoms with Crippen LogP contribution in [0.3, 0.4) is 0 Å². The summed E-state index contributed by atoms with van der Waals surface area (Å²) in [4.78, 5) is 9.59. The van der Waals surface area contributed by atoms with Crippen molar-refractivity contribution in [1.82, 2.24) is 19.3 Å². The molecule has 6 nitrogen and oxygen atoms in total. The van der Waals surface area contributed by atoms with Crippen LogP contribution >= 0.6 is 0 Å². The van der Waals surface area contributed by atoms with Gasteiger partial charge in [0.05, 0.1) is 0 Å². The molecule has 0 aromatic carbocycles. The number of fused-ring (bicyclic) bond motifs is 1. The number of nitrogens with zero attached hydrogens (tertiary/aromatic N) is 4. The third kappa shape index (κ3) is 0.658. The first-order valence-electron chi connectivity index (χ1n) is 3.17.